The first-order valence-corrected chi connectivity index (χ1v) is 6.75. The van der Waals surface area contributed by atoms with E-state index in [0.717, 1.165) is 13.1 Å². The topological polar surface area (TPSA) is 12.0 Å². The van der Waals surface area contributed by atoms with Crippen LogP contribution >= 0.6 is 0 Å². The molecule has 0 spiro atoms. The summed E-state index contributed by atoms with van der Waals surface area (Å²) in [5, 5.41) is 3.48. The Kier molecular flexibility index (Phi) is 4.98. The molecule has 2 rings (SSSR count). The number of rotatable bonds is 6. The molecule has 0 atom stereocenters. The molecular formula is C17H21N. The highest BCUT2D eigenvalue weighted by Gasteiger charge is 1.98. The monoisotopic (exact) mass is 239 g/mol. The van der Waals surface area contributed by atoms with E-state index in [0.29, 0.717) is 0 Å². The summed E-state index contributed by atoms with van der Waals surface area (Å²) in [6.07, 6.45) is 2.50. The molecular weight excluding hydrogens is 218 g/mol. The molecule has 0 aliphatic carbocycles. The van der Waals surface area contributed by atoms with Gasteiger partial charge in [-0.1, -0.05) is 61.9 Å². The van der Waals surface area contributed by atoms with Crippen molar-refractivity contribution in [3.63, 3.8) is 0 Å². The van der Waals surface area contributed by atoms with Crippen LogP contribution in [0.4, 0.5) is 0 Å². The molecule has 0 radical (unpaired) electrons. The normalized spacial score (nSPS) is 10.5. The number of unbranched alkanes of at least 4 members (excludes halogenated alkanes) is 1. The summed E-state index contributed by atoms with van der Waals surface area (Å²) in [7, 11) is 0. The lowest BCUT2D eigenvalue weighted by Crippen LogP contribution is -2.14. The Bertz CT molecular complexity index is 462. The Morgan fingerprint density at radius 3 is 2.44 bits per heavy atom. The molecule has 1 heteroatoms. The fourth-order valence-corrected chi connectivity index (χ4v) is 2.03. The van der Waals surface area contributed by atoms with Gasteiger partial charge in [-0.3, -0.25) is 0 Å². The van der Waals surface area contributed by atoms with Crippen LogP contribution in [0.1, 0.15) is 25.3 Å². The van der Waals surface area contributed by atoms with E-state index in [-0.39, 0.29) is 0 Å². The second kappa shape index (κ2) is 6.97. The van der Waals surface area contributed by atoms with Crippen molar-refractivity contribution in [2.45, 2.75) is 26.3 Å². The third-order valence-corrected chi connectivity index (χ3v) is 3.07. The molecule has 0 bridgehead atoms. The van der Waals surface area contributed by atoms with E-state index >= 15 is 0 Å². The Balaban J connectivity index is 2.02. The van der Waals surface area contributed by atoms with E-state index in [2.05, 4.69) is 66.8 Å². The van der Waals surface area contributed by atoms with Crippen LogP contribution in [0, 0.1) is 0 Å². The van der Waals surface area contributed by atoms with E-state index in [1.165, 1.54) is 29.5 Å². The zero-order chi connectivity index (χ0) is 12.6. The first kappa shape index (κ1) is 12.8. The van der Waals surface area contributed by atoms with Crippen molar-refractivity contribution in [1.29, 1.82) is 0 Å². The Morgan fingerprint density at radius 2 is 1.67 bits per heavy atom. The van der Waals surface area contributed by atoms with Crippen LogP contribution in [0.25, 0.3) is 11.1 Å². The molecule has 94 valence electrons. The van der Waals surface area contributed by atoms with Gasteiger partial charge in [-0.25, -0.2) is 0 Å². The predicted octanol–water partition coefficient (Wildman–Crippen LogP) is 4.24. The summed E-state index contributed by atoms with van der Waals surface area (Å²) in [5.74, 6) is 0. The molecule has 0 aliphatic heterocycles. The number of benzene rings is 2. The Morgan fingerprint density at radius 1 is 0.889 bits per heavy atom. The highest BCUT2D eigenvalue weighted by Crippen LogP contribution is 2.19. The first-order valence-electron chi connectivity index (χ1n) is 6.75. The second-order valence-electron chi connectivity index (χ2n) is 4.60. The quantitative estimate of drug-likeness (QED) is 0.743. The molecule has 1 nitrogen and oxygen atoms in total. The first-order chi connectivity index (χ1) is 8.90. The van der Waals surface area contributed by atoms with Gasteiger partial charge in [-0.2, -0.15) is 0 Å². The molecule has 0 aliphatic rings. The molecule has 0 heterocycles. The van der Waals surface area contributed by atoms with Crippen molar-refractivity contribution in [1.82, 2.24) is 5.32 Å². The smallest absolute Gasteiger partial charge is 0.0205 e. The molecule has 0 fully saturated rings. The minimum absolute atomic E-state index is 0.959. The summed E-state index contributed by atoms with van der Waals surface area (Å²) in [5.41, 5.74) is 3.94. The van der Waals surface area contributed by atoms with Crippen molar-refractivity contribution in [3.8, 4) is 11.1 Å². The van der Waals surface area contributed by atoms with Crippen molar-refractivity contribution in [3.05, 3.63) is 60.2 Å². The summed E-state index contributed by atoms with van der Waals surface area (Å²) < 4.78 is 0. The van der Waals surface area contributed by atoms with Gasteiger partial charge < -0.3 is 5.32 Å². The molecule has 0 saturated carbocycles. The van der Waals surface area contributed by atoms with Crippen LogP contribution in [-0.2, 0) is 6.54 Å². The average molecular weight is 239 g/mol. The molecule has 18 heavy (non-hydrogen) atoms. The lowest BCUT2D eigenvalue weighted by atomic mass is 10.0. The standard InChI is InChI=1S/C17H21N/c1-2-3-12-18-14-15-8-7-11-17(13-15)16-9-5-4-6-10-16/h4-11,13,18H,2-3,12,14H2,1H3. The maximum Gasteiger partial charge on any atom is 0.0205 e. The van der Waals surface area contributed by atoms with E-state index in [1.54, 1.807) is 0 Å². The van der Waals surface area contributed by atoms with Gasteiger partial charge in [-0.15, -0.1) is 0 Å². The lowest BCUT2D eigenvalue weighted by Gasteiger charge is -2.07. The summed E-state index contributed by atoms with van der Waals surface area (Å²) >= 11 is 0. The molecule has 0 aromatic heterocycles. The van der Waals surface area contributed by atoms with E-state index in [1.807, 2.05) is 0 Å². The van der Waals surface area contributed by atoms with Crippen LogP contribution in [0.3, 0.4) is 0 Å². The molecule has 0 saturated heterocycles. The van der Waals surface area contributed by atoms with Crippen molar-refractivity contribution in [2.24, 2.45) is 0 Å². The maximum absolute atomic E-state index is 3.48. The van der Waals surface area contributed by atoms with Crippen molar-refractivity contribution >= 4 is 0 Å². The summed E-state index contributed by atoms with van der Waals surface area (Å²) in [6.45, 7) is 4.28. The highest BCUT2D eigenvalue weighted by molar-refractivity contribution is 5.63. The third kappa shape index (κ3) is 3.71. The Hall–Kier alpha value is -1.60. The van der Waals surface area contributed by atoms with Gasteiger partial charge in [0.1, 0.15) is 0 Å². The highest BCUT2D eigenvalue weighted by atomic mass is 14.8. The van der Waals surface area contributed by atoms with Crippen LogP contribution in [-0.4, -0.2) is 6.54 Å². The fraction of sp³-hybridized carbons (Fsp3) is 0.294. The van der Waals surface area contributed by atoms with Crippen LogP contribution in [0.2, 0.25) is 0 Å². The summed E-state index contributed by atoms with van der Waals surface area (Å²) in [6, 6.07) is 19.3. The molecule has 1 N–H and O–H groups in total. The SMILES string of the molecule is CCCCNCc1cccc(-c2ccccc2)c1. The van der Waals surface area contributed by atoms with Crippen LogP contribution in [0.5, 0.6) is 0 Å². The number of hydrogen-bond donors (Lipinski definition) is 1. The molecule has 2 aromatic rings. The van der Waals surface area contributed by atoms with Crippen molar-refractivity contribution in [2.75, 3.05) is 6.54 Å². The van der Waals surface area contributed by atoms with Gasteiger partial charge in [0, 0.05) is 6.54 Å². The number of hydrogen-bond acceptors (Lipinski definition) is 1. The average Bonchev–Trinajstić information content (AvgIpc) is 2.45. The van der Waals surface area contributed by atoms with Gasteiger partial charge in [0.05, 0.1) is 0 Å². The fourth-order valence-electron chi connectivity index (χ4n) is 2.03. The minimum atomic E-state index is 0.959. The van der Waals surface area contributed by atoms with Crippen molar-refractivity contribution < 1.29 is 0 Å². The predicted molar refractivity (Wildman–Crippen MR) is 78.5 cm³/mol. The zero-order valence-corrected chi connectivity index (χ0v) is 11.0. The van der Waals surface area contributed by atoms with Gasteiger partial charge in [0.25, 0.3) is 0 Å². The molecule has 2 aromatic carbocycles. The van der Waals surface area contributed by atoms with Gasteiger partial charge >= 0.3 is 0 Å². The van der Waals surface area contributed by atoms with E-state index < -0.39 is 0 Å². The summed E-state index contributed by atoms with van der Waals surface area (Å²) in [4.78, 5) is 0. The van der Waals surface area contributed by atoms with Crippen LogP contribution < -0.4 is 5.32 Å². The molecule has 0 unspecified atom stereocenters. The van der Waals surface area contributed by atoms with Gasteiger partial charge in [0.2, 0.25) is 0 Å². The van der Waals surface area contributed by atoms with Crippen LogP contribution in [0.15, 0.2) is 54.6 Å². The Labute approximate surface area is 110 Å². The third-order valence-electron chi connectivity index (χ3n) is 3.07. The minimum Gasteiger partial charge on any atom is -0.313 e. The second-order valence-corrected chi connectivity index (χ2v) is 4.60. The largest absolute Gasteiger partial charge is 0.313 e. The van der Waals surface area contributed by atoms with E-state index in [4.69, 9.17) is 0 Å². The zero-order valence-electron chi connectivity index (χ0n) is 11.0. The van der Waals surface area contributed by atoms with E-state index in [9.17, 15) is 0 Å². The lowest BCUT2D eigenvalue weighted by molar-refractivity contribution is 0.641. The van der Waals surface area contributed by atoms with Gasteiger partial charge in [-0.05, 0) is 35.7 Å². The maximum atomic E-state index is 3.48. The molecule has 0 amide bonds. The number of nitrogens with one attached hydrogen (secondary N) is 1. The van der Waals surface area contributed by atoms with Gasteiger partial charge in [0.15, 0.2) is 0 Å².